The van der Waals surface area contributed by atoms with E-state index >= 15 is 0 Å². The fourth-order valence-corrected chi connectivity index (χ4v) is 2.85. The lowest BCUT2D eigenvalue weighted by atomic mass is 10.1. The molecule has 0 spiro atoms. The molecule has 1 heterocycles. The summed E-state index contributed by atoms with van der Waals surface area (Å²) in [4.78, 5) is 26.1. The SMILES string of the molecule is O=C(NCCc1ccccc1)N[C@@H]1CCN(c2ccccc2)C1=O. The van der Waals surface area contributed by atoms with Gasteiger partial charge in [-0.2, -0.15) is 0 Å². The lowest BCUT2D eigenvalue weighted by Crippen LogP contribution is -2.46. The van der Waals surface area contributed by atoms with Crippen molar-refractivity contribution in [2.75, 3.05) is 18.0 Å². The van der Waals surface area contributed by atoms with Crippen molar-refractivity contribution in [3.8, 4) is 0 Å². The minimum absolute atomic E-state index is 0.0561. The quantitative estimate of drug-likeness (QED) is 0.887. The van der Waals surface area contributed by atoms with E-state index in [-0.39, 0.29) is 11.9 Å². The molecule has 5 heteroatoms. The number of para-hydroxylation sites is 1. The molecule has 0 radical (unpaired) electrons. The first-order chi connectivity index (χ1) is 11.7. The number of urea groups is 1. The van der Waals surface area contributed by atoms with Crippen LogP contribution in [-0.4, -0.2) is 31.1 Å². The van der Waals surface area contributed by atoms with E-state index in [0.717, 1.165) is 12.1 Å². The molecule has 2 aromatic rings. The molecule has 3 rings (SSSR count). The van der Waals surface area contributed by atoms with Crippen LogP contribution in [0.2, 0.25) is 0 Å². The molecule has 1 aliphatic heterocycles. The summed E-state index contributed by atoms with van der Waals surface area (Å²) in [5.41, 5.74) is 2.04. The zero-order chi connectivity index (χ0) is 16.8. The Balaban J connectivity index is 1.46. The lowest BCUT2D eigenvalue weighted by Gasteiger charge is -2.17. The van der Waals surface area contributed by atoms with Crippen LogP contribution in [-0.2, 0) is 11.2 Å². The number of carbonyl (C=O) groups excluding carboxylic acids is 2. The van der Waals surface area contributed by atoms with Gasteiger partial charge in [-0.3, -0.25) is 4.79 Å². The Kier molecular flexibility index (Phi) is 5.11. The Labute approximate surface area is 141 Å². The molecule has 1 saturated heterocycles. The summed E-state index contributed by atoms with van der Waals surface area (Å²) < 4.78 is 0. The molecule has 0 bridgehead atoms. The first-order valence-corrected chi connectivity index (χ1v) is 8.19. The Morgan fingerprint density at radius 1 is 1.04 bits per heavy atom. The molecule has 5 nitrogen and oxygen atoms in total. The van der Waals surface area contributed by atoms with Gasteiger partial charge < -0.3 is 15.5 Å². The van der Waals surface area contributed by atoms with Crippen LogP contribution in [0.15, 0.2) is 60.7 Å². The predicted molar refractivity (Wildman–Crippen MR) is 93.9 cm³/mol. The number of benzene rings is 2. The van der Waals surface area contributed by atoms with Crippen molar-refractivity contribution in [2.24, 2.45) is 0 Å². The molecule has 0 aliphatic carbocycles. The molecule has 2 aromatic carbocycles. The number of rotatable bonds is 5. The molecular weight excluding hydrogens is 302 g/mol. The third-order valence-corrected chi connectivity index (χ3v) is 4.12. The van der Waals surface area contributed by atoms with E-state index < -0.39 is 6.04 Å². The van der Waals surface area contributed by atoms with Crippen molar-refractivity contribution < 1.29 is 9.59 Å². The number of hydrogen-bond acceptors (Lipinski definition) is 2. The Bertz CT molecular complexity index is 688. The van der Waals surface area contributed by atoms with Crippen molar-refractivity contribution >= 4 is 17.6 Å². The fourth-order valence-electron chi connectivity index (χ4n) is 2.85. The van der Waals surface area contributed by atoms with E-state index in [4.69, 9.17) is 0 Å². The molecule has 1 atom stereocenters. The largest absolute Gasteiger partial charge is 0.338 e. The van der Waals surface area contributed by atoms with Gasteiger partial charge in [0.1, 0.15) is 6.04 Å². The van der Waals surface area contributed by atoms with Crippen molar-refractivity contribution in [1.29, 1.82) is 0 Å². The van der Waals surface area contributed by atoms with Crippen LogP contribution in [0.4, 0.5) is 10.5 Å². The van der Waals surface area contributed by atoms with Crippen LogP contribution in [0, 0.1) is 0 Å². The van der Waals surface area contributed by atoms with Gasteiger partial charge in [-0.15, -0.1) is 0 Å². The molecule has 0 unspecified atom stereocenters. The number of anilines is 1. The second-order valence-corrected chi connectivity index (χ2v) is 5.80. The van der Waals surface area contributed by atoms with Gasteiger partial charge in [0.2, 0.25) is 5.91 Å². The molecule has 0 saturated carbocycles. The van der Waals surface area contributed by atoms with E-state index in [9.17, 15) is 9.59 Å². The summed E-state index contributed by atoms with van der Waals surface area (Å²) in [7, 11) is 0. The molecule has 2 N–H and O–H groups in total. The van der Waals surface area contributed by atoms with Crippen molar-refractivity contribution in [2.45, 2.75) is 18.9 Å². The zero-order valence-electron chi connectivity index (χ0n) is 13.4. The summed E-state index contributed by atoms with van der Waals surface area (Å²) in [5.74, 6) is -0.0561. The van der Waals surface area contributed by atoms with E-state index in [1.807, 2.05) is 60.7 Å². The van der Waals surface area contributed by atoms with Gasteiger partial charge in [0.05, 0.1) is 0 Å². The molecule has 1 aliphatic rings. The maximum atomic E-state index is 12.4. The first kappa shape index (κ1) is 16.1. The second kappa shape index (κ2) is 7.64. The molecule has 124 valence electrons. The maximum absolute atomic E-state index is 12.4. The molecule has 1 fully saturated rings. The molecular formula is C19H21N3O2. The van der Waals surface area contributed by atoms with E-state index in [0.29, 0.717) is 19.5 Å². The highest BCUT2D eigenvalue weighted by atomic mass is 16.2. The number of nitrogens with zero attached hydrogens (tertiary/aromatic N) is 1. The smallest absolute Gasteiger partial charge is 0.315 e. The van der Waals surface area contributed by atoms with E-state index in [1.54, 1.807) is 4.90 Å². The van der Waals surface area contributed by atoms with Crippen molar-refractivity contribution in [1.82, 2.24) is 10.6 Å². The summed E-state index contributed by atoms with van der Waals surface area (Å²) in [5, 5.41) is 5.59. The number of amides is 3. The Morgan fingerprint density at radius 2 is 1.71 bits per heavy atom. The second-order valence-electron chi connectivity index (χ2n) is 5.80. The summed E-state index contributed by atoms with van der Waals surface area (Å²) in [6.07, 6.45) is 1.39. The van der Waals surface area contributed by atoms with Gasteiger partial charge >= 0.3 is 6.03 Å². The molecule has 0 aromatic heterocycles. The van der Waals surface area contributed by atoms with Gasteiger partial charge in [0.25, 0.3) is 0 Å². The Morgan fingerprint density at radius 3 is 2.42 bits per heavy atom. The van der Waals surface area contributed by atoms with Crippen LogP contribution in [0.3, 0.4) is 0 Å². The fraction of sp³-hybridized carbons (Fsp3) is 0.263. The van der Waals surface area contributed by atoms with Gasteiger partial charge in [0, 0.05) is 18.8 Å². The normalized spacial score (nSPS) is 16.9. The minimum atomic E-state index is -0.457. The van der Waals surface area contributed by atoms with Crippen molar-refractivity contribution in [3.05, 3.63) is 66.2 Å². The van der Waals surface area contributed by atoms with Crippen LogP contribution < -0.4 is 15.5 Å². The van der Waals surface area contributed by atoms with Crippen LogP contribution in [0.1, 0.15) is 12.0 Å². The number of hydrogen-bond donors (Lipinski definition) is 2. The monoisotopic (exact) mass is 323 g/mol. The highest BCUT2D eigenvalue weighted by Crippen LogP contribution is 2.20. The average molecular weight is 323 g/mol. The highest BCUT2D eigenvalue weighted by Gasteiger charge is 2.33. The first-order valence-electron chi connectivity index (χ1n) is 8.19. The molecule has 3 amide bonds. The van der Waals surface area contributed by atoms with Crippen LogP contribution >= 0.6 is 0 Å². The van der Waals surface area contributed by atoms with Gasteiger partial charge in [-0.25, -0.2) is 4.79 Å². The summed E-state index contributed by atoms with van der Waals surface area (Å²) >= 11 is 0. The van der Waals surface area contributed by atoms with E-state index in [2.05, 4.69) is 10.6 Å². The highest BCUT2D eigenvalue weighted by molar-refractivity contribution is 6.01. The summed E-state index contributed by atoms with van der Waals surface area (Å²) in [6, 6.07) is 18.7. The average Bonchev–Trinajstić information content (AvgIpc) is 2.97. The maximum Gasteiger partial charge on any atom is 0.315 e. The minimum Gasteiger partial charge on any atom is -0.338 e. The topological polar surface area (TPSA) is 61.4 Å². The third-order valence-electron chi connectivity index (χ3n) is 4.12. The van der Waals surface area contributed by atoms with E-state index in [1.165, 1.54) is 5.56 Å². The van der Waals surface area contributed by atoms with Crippen LogP contribution in [0.25, 0.3) is 0 Å². The summed E-state index contributed by atoms with van der Waals surface area (Å²) in [6.45, 7) is 1.16. The zero-order valence-corrected chi connectivity index (χ0v) is 13.4. The standard InChI is InChI=1S/C19H21N3O2/c23-18-17(12-14-22(18)16-9-5-2-6-10-16)21-19(24)20-13-11-15-7-3-1-4-8-15/h1-10,17H,11-14H2,(H2,20,21,24)/t17-/m1/s1. The van der Waals surface area contributed by atoms with Crippen molar-refractivity contribution in [3.63, 3.8) is 0 Å². The Hall–Kier alpha value is -2.82. The lowest BCUT2D eigenvalue weighted by molar-refractivity contribution is -0.118. The van der Waals surface area contributed by atoms with Gasteiger partial charge in [-0.1, -0.05) is 48.5 Å². The molecule has 24 heavy (non-hydrogen) atoms. The van der Waals surface area contributed by atoms with Gasteiger partial charge in [-0.05, 0) is 30.5 Å². The third kappa shape index (κ3) is 3.93. The number of carbonyl (C=O) groups is 2. The number of nitrogens with one attached hydrogen (secondary N) is 2. The van der Waals surface area contributed by atoms with Crippen LogP contribution in [0.5, 0.6) is 0 Å². The predicted octanol–water partition coefficient (Wildman–Crippen LogP) is 2.33. The van der Waals surface area contributed by atoms with Gasteiger partial charge in [0.15, 0.2) is 0 Å².